The molecule has 0 saturated carbocycles. The molecule has 25 heavy (non-hydrogen) atoms. The highest BCUT2D eigenvalue weighted by Gasteiger charge is 2.07. The van der Waals surface area contributed by atoms with Crippen LogP contribution in [0.1, 0.15) is 5.56 Å². The number of halogens is 1. The first-order valence-electron chi connectivity index (χ1n) is 7.77. The Morgan fingerprint density at radius 2 is 1.80 bits per heavy atom. The van der Waals surface area contributed by atoms with Crippen molar-refractivity contribution >= 4 is 0 Å². The molecule has 0 spiro atoms. The fraction of sp³-hybridized carbons (Fsp3) is 0.0526. The molecule has 4 aromatic rings. The summed E-state index contributed by atoms with van der Waals surface area (Å²) in [4.78, 5) is 17.2. The maximum absolute atomic E-state index is 13.3. The number of pyridine rings is 1. The van der Waals surface area contributed by atoms with Crippen molar-refractivity contribution in [1.29, 1.82) is 0 Å². The number of benzene rings is 1. The Balaban J connectivity index is 1.54. The minimum Gasteiger partial charge on any atom is -0.332 e. The lowest BCUT2D eigenvalue weighted by atomic mass is 10.2. The smallest absolute Gasteiger partial charge is 0.159 e. The van der Waals surface area contributed by atoms with E-state index in [1.54, 1.807) is 37.1 Å². The summed E-state index contributed by atoms with van der Waals surface area (Å²) in [5, 5.41) is 0. The molecule has 0 fully saturated rings. The van der Waals surface area contributed by atoms with Gasteiger partial charge in [-0.1, -0.05) is 18.2 Å². The quantitative estimate of drug-likeness (QED) is 0.573. The monoisotopic (exact) mass is 331 g/mol. The number of aromatic nitrogens is 5. The third-order valence-electron chi connectivity index (χ3n) is 3.75. The molecular weight excluding hydrogens is 317 g/mol. The van der Waals surface area contributed by atoms with Crippen molar-refractivity contribution < 1.29 is 4.39 Å². The highest BCUT2D eigenvalue weighted by atomic mass is 19.1. The highest BCUT2D eigenvalue weighted by Crippen LogP contribution is 2.19. The molecule has 0 N–H and O–H groups in total. The predicted molar refractivity (Wildman–Crippen MR) is 92.0 cm³/mol. The highest BCUT2D eigenvalue weighted by molar-refractivity contribution is 5.60. The first-order valence-corrected chi connectivity index (χ1v) is 7.77. The Morgan fingerprint density at radius 1 is 0.920 bits per heavy atom. The molecule has 0 saturated heterocycles. The van der Waals surface area contributed by atoms with Crippen molar-refractivity contribution in [3.05, 3.63) is 85.1 Å². The van der Waals surface area contributed by atoms with Gasteiger partial charge in [0.15, 0.2) is 5.82 Å². The van der Waals surface area contributed by atoms with Crippen LogP contribution in [-0.2, 0) is 6.54 Å². The van der Waals surface area contributed by atoms with E-state index >= 15 is 0 Å². The fourth-order valence-corrected chi connectivity index (χ4v) is 2.54. The summed E-state index contributed by atoms with van der Waals surface area (Å²) < 4.78 is 15.3. The van der Waals surface area contributed by atoms with E-state index in [2.05, 4.69) is 19.9 Å². The molecule has 122 valence electrons. The van der Waals surface area contributed by atoms with Gasteiger partial charge in [-0.2, -0.15) is 0 Å². The summed E-state index contributed by atoms with van der Waals surface area (Å²) >= 11 is 0. The van der Waals surface area contributed by atoms with Crippen LogP contribution in [-0.4, -0.2) is 24.5 Å². The van der Waals surface area contributed by atoms with E-state index in [0.29, 0.717) is 17.9 Å². The van der Waals surface area contributed by atoms with Crippen molar-refractivity contribution in [2.45, 2.75) is 6.54 Å². The van der Waals surface area contributed by atoms with E-state index in [4.69, 9.17) is 0 Å². The number of rotatable bonds is 4. The van der Waals surface area contributed by atoms with Crippen LogP contribution in [0.5, 0.6) is 0 Å². The summed E-state index contributed by atoms with van der Waals surface area (Å²) in [6.45, 7) is 0.697. The van der Waals surface area contributed by atoms with Gasteiger partial charge in [-0.15, -0.1) is 0 Å². The zero-order valence-corrected chi connectivity index (χ0v) is 13.2. The second-order valence-electron chi connectivity index (χ2n) is 5.60. The number of nitrogens with zero attached hydrogens (tertiary/aromatic N) is 5. The molecule has 0 unspecified atom stereocenters. The molecule has 5 nitrogen and oxygen atoms in total. The summed E-state index contributed by atoms with van der Waals surface area (Å²) in [6, 6.07) is 10.2. The van der Waals surface area contributed by atoms with Gasteiger partial charge < -0.3 is 4.57 Å². The van der Waals surface area contributed by atoms with Crippen LogP contribution in [0.2, 0.25) is 0 Å². The zero-order chi connectivity index (χ0) is 17.1. The first kappa shape index (κ1) is 15.1. The topological polar surface area (TPSA) is 56.5 Å². The largest absolute Gasteiger partial charge is 0.332 e. The van der Waals surface area contributed by atoms with Crippen LogP contribution in [0.25, 0.3) is 22.6 Å². The summed E-state index contributed by atoms with van der Waals surface area (Å²) in [7, 11) is 0. The average Bonchev–Trinajstić information content (AvgIpc) is 3.11. The zero-order valence-electron chi connectivity index (χ0n) is 13.2. The van der Waals surface area contributed by atoms with Crippen molar-refractivity contribution in [3.63, 3.8) is 0 Å². The van der Waals surface area contributed by atoms with Crippen LogP contribution in [0.4, 0.5) is 4.39 Å². The van der Waals surface area contributed by atoms with Gasteiger partial charge in [0.05, 0.1) is 18.6 Å². The van der Waals surface area contributed by atoms with Gasteiger partial charge in [0.1, 0.15) is 5.82 Å². The molecule has 3 aromatic heterocycles. The Morgan fingerprint density at radius 3 is 2.56 bits per heavy atom. The van der Waals surface area contributed by atoms with Gasteiger partial charge in [-0.25, -0.2) is 19.3 Å². The van der Waals surface area contributed by atoms with Crippen LogP contribution in [0, 0.1) is 5.82 Å². The van der Waals surface area contributed by atoms with E-state index in [1.165, 1.54) is 12.1 Å². The Hall–Kier alpha value is -3.41. The second kappa shape index (κ2) is 6.60. The van der Waals surface area contributed by atoms with E-state index in [1.807, 2.05) is 29.1 Å². The van der Waals surface area contributed by atoms with Crippen molar-refractivity contribution in [1.82, 2.24) is 24.5 Å². The molecular formula is C19H14FN5. The molecule has 4 rings (SSSR count). The summed E-state index contributed by atoms with van der Waals surface area (Å²) in [6.07, 6.45) is 10.7. The average molecular weight is 331 g/mol. The second-order valence-corrected chi connectivity index (χ2v) is 5.60. The van der Waals surface area contributed by atoms with Gasteiger partial charge in [0.2, 0.25) is 0 Å². The minimum atomic E-state index is -0.306. The van der Waals surface area contributed by atoms with E-state index < -0.39 is 0 Å². The predicted octanol–water partition coefficient (Wildman–Crippen LogP) is 3.59. The molecule has 6 heteroatoms. The maximum Gasteiger partial charge on any atom is 0.159 e. The summed E-state index contributed by atoms with van der Waals surface area (Å²) in [5.41, 5.74) is 3.34. The lowest BCUT2D eigenvalue weighted by molar-refractivity contribution is 0.628. The molecule has 0 aliphatic carbocycles. The van der Waals surface area contributed by atoms with Gasteiger partial charge >= 0.3 is 0 Å². The molecule has 0 radical (unpaired) electrons. The normalized spacial score (nSPS) is 10.8. The molecule has 0 aliphatic rings. The Labute approximate surface area is 143 Å². The maximum atomic E-state index is 13.3. The molecule has 0 amide bonds. The minimum absolute atomic E-state index is 0.306. The standard InChI is InChI=1S/C19H14FN5/c20-17-5-1-4-15(7-17)19-22-9-16(10-23-19)18-12-25(13-24-18)11-14-3-2-6-21-8-14/h1-10,12-13H,11H2. The van der Waals surface area contributed by atoms with Gasteiger partial charge in [-0.05, 0) is 23.8 Å². The van der Waals surface area contributed by atoms with Gasteiger partial charge in [0, 0.05) is 42.1 Å². The third kappa shape index (κ3) is 3.42. The molecule has 1 aromatic carbocycles. The molecule has 0 atom stereocenters. The van der Waals surface area contributed by atoms with Gasteiger partial charge in [-0.3, -0.25) is 4.98 Å². The van der Waals surface area contributed by atoms with Crippen LogP contribution in [0.15, 0.2) is 73.7 Å². The van der Waals surface area contributed by atoms with Crippen LogP contribution >= 0.6 is 0 Å². The third-order valence-corrected chi connectivity index (χ3v) is 3.75. The lowest BCUT2D eigenvalue weighted by Gasteiger charge is -2.02. The first-order chi connectivity index (χ1) is 12.3. The number of hydrogen-bond acceptors (Lipinski definition) is 4. The molecule has 3 heterocycles. The number of hydrogen-bond donors (Lipinski definition) is 0. The van der Waals surface area contributed by atoms with Crippen molar-refractivity contribution in [3.8, 4) is 22.6 Å². The number of imidazole rings is 1. The van der Waals surface area contributed by atoms with E-state index in [-0.39, 0.29) is 5.82 Å². The molecule has 0 aliphatic heterocycles. The molecule has 0 bridgehead atoms. The van der Waals surface area contributed by atoms with E-state index in [0.717, 1.165) is 16.8 Å². The summed E-state index contributed by atoms with van der Waals surface area (Å²) in [5.74, 6) is 0.178. The fourth-order valence-electron chi connectivity index (χ4n) is 2.54. The Bertz CT molecular complexity index is 980. The van der Waals surface area contributed by atoms with Crippen molar-refractivity contribution in [2.75, 3.05) is 0 Å². The Kier molecular flexibility index (Phi) is 4.00. The van der Waals surface area contributed by atoms with Crippen LogP contribution in [0.3, 0.4) is 0 Å². The SMILES string of the molecule is Fc1cccc(-c2ncc(-c3cn(Cc4cccnc4)cn3)cn2)c1. The van der Waals surface area contributed by atoms with Crippen molar-refractivity contribution in [2.24, 2.45) is 0 Å². The van der Waals surface area contributed by atoms with Crippen LogP contribution < -0.4 is 0 Å². The van der Waals surface area contributed by atoms with E-state index in [9.17, 15) is 4.39 Å². The lowest BCUT2D eigenvalue weighted by Crippen LogP contribution is -1.96. The van der Waals surface area contributed by atoms with Gasteiger partial charge in [0.25, 0.3) is 0 Å².